The van der Waals surface area contributed by atoms with E-state index in [9.17, 15) is 9.90 Å². The Kier molecular flexibility index (Phi) is 4.36. The molecule has 1 unspecified atom stereocenters. The number of benzene rings is 2. The average molecular weight is 384 g/mol. The van der Waals surface area contributed by atoms with E-state index in [4.69, 9.17) is 17.3 Å². The number of aromatic amines is 1. The first kappa shape index (κ1) is 17.9. The largest absolute Gasteiger partial charge is 0.508 e. The first-order valence-corrected chi connectivity index (χ1v) is 9.43. The highest BCUT2D eigenvalue weighted by atomic mass is 35.5. The number of nitrogens with two attached hydrogens (primary N) is 1. The maximum Gasteiger partial charge on any atom is 0.224 e. The van der Waals surface area contributed by atoms with Gasteiger partial charge in [0, 0.05) is 41.1 Å². The summed E-state index contributed by atoms with van der Waals surface area (Å²) in [7, 11) is 0. The molecule has 1 atom stereocenters. The van der Waals surface area contributed by atoms with Gasteiger partial charge in [0.15, 0.2) is 0 Å². The molecule has 2 heterocycles. The minimum absolute atomic E-state index is 0.00526. The van der Waals surface area contributed by atoms with Crippen LogP contribution in [0.5, 0.6) is 5.75 Å². The number of aromatic nitrogens is 1. The van der Waals surface area contributed by atoms with Crippen LogP contribution in [0.25, 0.3) is 10.9 Å². The molecule has 0 saturated carbocycles. The number of carbonyl (C=O) groups is 1. The highest BCUT2D eigenvalue weighted by molar-refractivity contribution is 6.31. The summed E-state index contributed by atoms with van der Waals surface area (Å²) in [6.07, 6.45) is 1.02. The first-order valence-electron chi connectivity index (χ1n) is 9.05. The van der Waals surface area contributed by atoms with Crippen LogP contribution in [0.15, 0.2) is 42.5 Å². The molecule has 0 radical (unpaired) electrons. The molecule has 4 rings (SSSR count). The average Bonchev–Trinajstić information content (AvgIpc) is 3.01. The van der Waals surface area contributed by atoms with Crippen LogP contribution in [0, 0.1) is 0 Å². The van der Waals surface area contributed by atoms with Crippen molar-refractivity contribution in [2.75, 3.05) is 13.1 Å². The number of carbonyl (C=O) groups excluding carboxylic acids is 1. The number of nitrogens with zero attached hydrogens (tertiary/aromatic N) is 1. The van der Waals surface area contributed by atoms with E-state index in [1.165, 1.54) is 0 Å². The van der Waals surface area contributed by atoms with Gasteiger partial charge >= 0.3 is 0 Å². The maximum atomic E-state index is 12.9. The minimum atomic E-state index is -0.732. The van der Waals surface area contributed by atoms with Crippen LogP contribution in [-0.4, -0.2) is 34.0 Å². The molecule has 1 aliphatic heterocycles. The molecule has 0 saturated heterocycles. The number of H-pyrrole nitrogens is 1. The summed E-state index contributed by atoms with van der Waals surface area (Å²) in [6.45, 7) is 2.91. The summed E-state index contributed by atoms with van der Waals surface area (Å²) in [6, 6.07) is 12.9. The Balaban J connectivity index is 1.97. The van der Waals surface area contributed by atoms with Crippen molar-refractivity contribution >= 4 is 28.4 Å². The van der Waals surface area contributed by atoms with Crippen molar-refractivity contribution in [1.82, 2.24) is 9.88 Å². The van der Waals surface area contributed by atoms with E-state index in [0.29, 0.717) is 18.1 Å². The van der Waals surface area contributed by atoms with Crippen LogP contribution >= 0.6 is 11.6 Å². The SMILES string of the molecule is CC1(c2cccc(O)c2)c2[nH]c3ccc(Cl)cc3c2CCN1C(=O)CCN. The molecular weight excluding hydrogens is 362 g/mol. The summed E-state index contributed by atoms with van der Waals surface area (Å²) in [5, 5.41) is 11.8. The third-order valence-electron chi connectivity index (χ3n) is 5.55. The van der Waals surface area contributed by atoms with Gasteiger partial charge in [-0.2, -0.15) is 0 Å². The Morgan fingerprint density at radius 3 is 2.89 bits per heavy atom. The zero-order valence-electron chi connectivity index (χ0n) is 15.1. The van der Waals surface area contributed by atoms with E-state index >= 15 is 0 Å². The van der Waals surface area contributed by atoms with Crippen LogP contribution in [0.2, 0.25) is 5.02 Å². The number of phenolic OH excluding ortho intramolecular Hbond substituents is 1. The maximum absolute atomic E-state index is 12.9. The number of phenols is 1. The summed E-state index contributed by atoms with van der Waals surface area (Å²) in [5.41, 5.74) is 8.88. The lowest BCUT2D eigenvalue weighted by atomic mass is 9.80. The Labute approximate surface area is 162 Å². The Bertz CT molecular complexity index is 1030. The Hall–Kier alpha value is -2.50. The van der Waals surface area contributed by atoms with Gasteiger partial charge in [0.1, 0.15) is 11.3 Å². The van der Waals surface area contributed by atoms with E-state index < -0.39 is 5.54 Å². The molecule has 3 aromatic rings. The summed E-state index contributed by atoms with van der Waals surface area (Å²) in [5.74, 6) is 0.178. The fourth-order valence-corrected chi connectivity index (χ4v) is 4.39. The van der Waals surface area contributed by atoms with Gasteiger partial charge in [-0.25, -0.2) is 0 Å². The van der Waals surface area contributed by atoms with Crippen molar-refractivity contribution in [3.63, 3.8) is 0 Å². The van der Waals surface area contributed by atoms with Crippen molar-refractivity contribution in [2.45, 2.75) is 25.3 Å². The van der Waals surface area contributed by atoms with Gasteiger partial charge in [0.05, 0.1) is 0 Å². The molecule has 6 heteroatoms. The second-order valence-corrected chi connectivity index (χ2v) is 7.56. The normalized spacial score (nSPS) is 19.3. The zero-order valence-corrected chi connectivity index (χ0v) is 15.9. The van der Waals surface area contributed by atoms with Crippen LogP contribution in [-0.2, 0) is 16.8 Å². The molecule has 0 spiro atoms. The number of aromatic hydroxyl groups is 1. The van der Waals surface area contributed by atoms with Crippen molar-refractivity contribution in [2.24, 2.45) is 5.73 Å². The molecule has 0 fully saturated rings. The molecule has 27 heavy (non-hydrogen) atoms. The molecule has 2 aromatic carbocycles. The highest BCUT2D eigenvalue weighted by Gasteiger charge is 2.44. The molecule has 4 N–H and O–H groups in total. The second kappa shape index (κ2) is 6.59. The van der Waals surface area contributed by atoms with Gasteiger partial charge in [-0.1, -0.05) is 23.7 Å². The molecule has 5 nitrogen and oxygen atoms in total. The van der Waals surface area contributed by atoms with E-state index in [1.807, 2.05) is 36.1 Å². The van der Waals surface area contributed by atoms with Crippen molar-refractivity contribution in [1.29, 1.82) is 0 Å². The van der Waals surface area contributed by atoms with Crippen LogP contribution in [0.1, 0.15) is 30.2 Å². The zero-order chi connectivity index (χ0) is 19.2. The fourth-order valence-electron chi connectivity index (χ4n) is 4.22. The van der Waals surface area contributed by atoms with Gasteiger partial charge in [-0.15, -0.1) is 0 Å². The van der Waals surface area contributed by atoms with E-state index in [0.717, 1.165) is 34.1 Å². The number of amides is 1. The second-order valence-electron chi connectivity index (χ2n) is 7.13. The first-order chi connectivity index (χ1) is 12.9. The topological polar surface area (TPSA) is 82.3 Å². The molecule has 1 aliphatic rings. The quantitative estimate of drug-likeness (QED) is 0.647. The molecule has 140 valence electrons. The lowest BCUT2D eigenvalue weighted by Gasteiger charge is -2.45. The van der Waals surface area contributed by atoms with Gasteiger partial charge < -0.3 is 20.7 Å². The van der Waals surface area contributed by atoms with Crippen molar-refractivity contribution in [3.8, 4) is 5.75 Å². The number of fused-ring (bicyclic) bond motifs is 3. The molecule has 0 aliphatic carbocycles. The van der Waals surface area contributed by atoms with Gasteiger partial charge in [-0.05, 0) is 54.8 Å². The summed E-state index contributed by atoms with van der Waals surface area (Å²) in [4.78, 5) is 18.3. The predicted molar refractivity (Wildman–Crippen MR) is 107 cm³/mol. The third-order valence-corrected chi connectivity index (χ3v) is 5.78. The van der Waals surface area contributed by atoms with Crippen LogP contribution in [0.4, 0.5) is 0 Å². The van der Waals surface area contributed by atoms with Crippen LogP contribution < -0.4 is 5.73 Å². The Morgan fingerprint density at radius 1 is 1.33 bits per heavy atom. The Morgan fingerprint density at radius 2 is 2.15 bits per heavy atom. The molecular formula is C21H22ClN3O2. The number of hydrogen-bond acceptors (Lipinski definition) is 3. The monoisotopic (exact) mass is 383 g/mol. The smallest absolute Gasteiger partial charge is 0.224 e. The highest BCUT2D eigenvalue weighted by Crippen LogP contribution is 2.44. The number of halogens is 1. The van der Waals surface area contributed by atoms with Crippen molar-refractivity contribution in [3.05, 3.63) is 64.3 Å². The summed E-state index contributed by atoms with van der Waals surface area (Å²) >= 11 is 6.22. The number of hydrogen-bond donors (Lipinski definition) is 3. The number of nitrogens with one attached hydrogen (secondary N) is 1. The standard InChI is InChI=1S/C21H22ClN3O2/c1-21(13-3-2-4-15(26)11-13)20-16(8-10-25(21)19(27)7-9-23)17-12-14(22)5-6-18(17)24-20/h2-6,11-12,24,26H,7-10,23H2,1H3. The number of rotatable bonds is 3. The van der Waals surface area contributed by atoms with Crippen molar-refractivity contribution < 1.29 is 9.90 Å². The molecule has 1 aromatic heterocycles. The summed E-state index contributed by atoms with van der Waals surface area (Å²) < 4.78 is 0. The van der Waals surface area contributed by atoms with E-state index in [1.54, 1.807) is 18.2 Å². The molecule has 1 amide bonds. The van der Waals surface area contributed by atoms with Gasteiger partial charge in [-0.3, -0.25) is 4.79 Å². The minimum Gasteiger partial charge on any atom is -0.508 e. The fraction of sp³-hybridized carbons (Fsp3) is 0.286. The molecule has 0 bridgehead atoms. The predicted octanol–water partition coefficient (Wildman–Crippen LogP) is 3.52. The van der Waals surface area contributed by atoms with Gasteiger partial charge in [0.2, 0.25) is 5.91 Å². The lowest BCUT2D eigenvalue weighted by molar-refractivity contribution is -0.136. The van der Waals surface area contributed by atoms with E-state index in [-0.39, 0.29) is 18.1 Å². The van der Waals surface area contributed by atoms with E-state index in [2.05, 4.69) is 4.98 Å². The third kappa shape index (κ3) is 2.78. The lowest BCUT2D eigenvalue weighted by Crippen LogP contribution is -2.52. The van der Waals surface area contributed by atoms with Gasteiger partial charge in [0.25, 0.3) is 0 Å². The van der Waals surface area contributed by atoms with Crippen LogP contribution in [0.3, 0.4) is 0 Å².